The van der Waals surface area contributed by atoms with Crippen LogP contribution in [0.4, 0.5) is 31.2 Å². The second-order valence-electron chi connectivity index (χ2n) is 8.73. The molecule has 1 aliphatic heterocycles. The first-order valence-corrected chi connectivity index (χ1v) is 12.3. The minimum Gasteiger partial charge on any atom is -0.481 e. The fourth-order valence-electron chi connectivity index (χ4n) is 4.22. The predicted octanol–water partition coefficient (Wildman–Crippen LogP) is 5.17. The van der Waals surface area contributed by atoms with Gasteiger partial charge in [-0.05, 0) is 61.8 Å². The van der Waals surface area contributed by atoms with Crippen LogP contribution in [0.2, 0.25) is 0 Å². The van der Waals surface area contributed by atoms with Crippen molar-refractivity contribution in [1.82, 2.24) is 19.9 Å². The normalized spacial score (nSPS) is 14.8. The summed E-state index contributed by atoms with van der Waals surface area (Å²) in [4.78, 5) is 29.2. The molecule has 0 spiro atoms. The van der Waals surface area contributed by atoms with Crippen LogP contribution in [0.3, 0.4) is 0 Å². The van der Waals surface area contributed by atoms with Gasteiger partial charge in [0.05, 0.1) is 11.6 Å². The van der Waals surface area contributed by atoms with Crippen LogP contribution in [0.25, 0.3) is 10.3 Å². The van der Waals surface area contributed by atoms with Crippen molar-refractivity contribution in [3.63, 3.8) is 0 Å². The van der Waals surface area contributed by atoms with Gasteiger partial charge < -0.3 is 15.3 Å². The summed E-state index contributed by atoms with van der Waals surface area (Å²) in [5.74, 6) is -1.08. The Hall–Kier alpha value is -3.70. The van der Waals surface area contributed by atoms with Crippen LogP contribution in [0.1, 0.15) is 18.4 Å². The minimum absolute atomic E-state index is 0.224. The molecule has 186 valence electrons. The van der Waals surface area contributed by atoms with Crippen molar-refractivity contribution in [1.29, 1.82) is 0 Å². The van der Waals surface area contributed by atoms with Crippen molar-refractivity contribution in [2.24, 2.45) is 5.92 Å². The number of rotatable bonds is 7. The molecule has 0 bridgehead atoms. The third kappa shape index (κ3) is 5.26. The number of likely N-dealkylation sites (tertiary alicyclic amines) is 1. The van der Waals surface area contributed by atoms with E-state index in [9.17, 15) is 13.6 Å². The van der Waals surface area contributed by atoms with E-state index in [1.807, 2.05) is 18.3 Å². The summed E-state index contributed by atoms with van der Waals surface area (Å²) in [7, 11) is 1.67. The highest BCUT2D eigenvalue weighted by Crippen LogP contribution is 2.31. The van der Waals surface area contributed by atoms with Gasteiger partial charge >= 0.3 is 5.97 Å². The van der Waals surface area contributed by atoms with E-state index in [0.717, 1.165) is 31.3 Å². The highest BCUT2D eigenvalue weighted by Gasteiger charge is 2.24. The van der Waals surface area contributed by atoms with Gasteiger partial charge in [0.25, 0.3) is 0 Å². The number of fused-ring (bicyclic) bond motifs is 1. The van der Waals surface area contributed by atoms with Gasteiger partial charge in [0.15, 0.2) is 5.13 Å². The lowest BCUT2D eigenvalue weighted by Crippen LogP contribution is -2.35. The molecule has 0 unspecified atom stereocenters. The van der Waals surface area contributed by atoms with Crippen LogP contribution in [-0.4, -0.2) is 51.1 Å². The molecule has 0 amide bonds. The number of anilines is 4. The number of thiazole rings is 1. The fourth-order valence-corrected chi connectivity index (χ4v) is 5.06. The Kier molecular flexibility index (Phi) is 6.75. The van der Waals surface area contributed by atoms with Crippen molar-refractivity contribution in [3.05, 3.63) is 65.9 Å². The zero-order chi connectivity index (χ0) is 25.2. The molecule has 2 N–H and O–H groups in total. The molecule has 0 aliphatic carbocycles. The van der Waals surface area contributed by atoms with Gasteiger partial charge in [0.2, 0.25) is 0 Å². The number of nitrogens with zero attached hydrogens (tertiary/aromatic N) is 5. The zero-order valence-electron chi connectivity index (χ0n) is 19.5. The van der Waals surface area contributed by atoms with E-state index in [1.54, 1.807) is 24.1 Å². The third-order valence-corrected chi connectivity index (χ3v) is 7.14. The lowest BCUT2D eigenvalue weighted by atomic mass is 9.97. The van der Waals surface area contributed by atoms with Gasteiger partial charge in [-0.15, -0.1) is 0 Å². The number of hydrogen-bond donors (Lipinski definition) is 2. The summed E-state index contributed by atoms with van der Waals surface area (Å²) < 4.78 is 27.4. The molecular formula is C25H24F2N6O2S. The first kappa shape index (κ1) is 24.0. The molecule has 4 heterocycles. The molecule has 0 radical (unpaired) electrons. The first-order valence-electron chi connectivity index (χ1n) is 11.5. The van der Waals surface area contributed by atoms with Crippen LogP contribution in [0.15, 0.2) is 48.7 Å². The maximum atomic E-state index is 14.2. The molecule has 1 aliphatic rings. The van der Waals surface area contributed by atoms with Crippen molar-refractivity contribution in [2.45, 2.75) is 19.4 Å². The standard InChI is InChI=1S/C25H24F2N6O2S/c1-32(20-5-3-17(26)12-18(20)27)22-7-4-19-23(31-22)36-25(29-19)30-21-6-2-15(13-28-21)14-33-10-8-16(9-11-33)24(34)35/h2-7,12-13,16H,8-11,14H2,1H3,(H,34,35)(H,28,29,30). The Morgan fingerprint density at radius 3 is 2.67 bits per heavy atom. The van der Waals surface area contributed by atoms with Gasteiger partial charge in [-0.25, -0.2) is 23.7 Å². The van der Waals surface area contributed by atoms with Crippen LogP contribution in [0.5, 0.6) is 0 Å². The number of nitrogens with one attached hydrogen (secondary N) is 1. The number of carboxylic acid groups (broad SMARTS) is 1. The molecular weight excluding hydrogens is 486 g/mol. The number of benzene rings is 1. The van der Waals surface area contributed by atoms with Crippen LogP contribution >= 0.6 is 11.3 Å². The highest BCUT2D eigenvalue weighted by atomic mass is 32.1. The predicted molar refractivity (Wildman–Crippen MR) is 135 cm³/mol. The number of halogens is 2. The largest absolute Gasteiger partial charge is 0.481 e. The van der Waals surface area contributed by atoms with Crippen molar-refractivity contribution in [2.75, 3.05) is 30.4 Å². The van der Waals surface area contributed by atoms with Gasteiger partial charge in [-0.1, -0.05) is 17.4 Å². The number of piperidine rings is 1. The quantitative estimate of drug-likeness (QED) is 0.352. The van der Waals surface area contributed by atoms with E-state index in [4.69, 9.17) is 5.11 Å². The third-order valence-electron chi connectivity index (χ3n) is 6.26. The maximum Gasteiger partial charge on any atom is 0.306 e. The number of carboxylic acids is 1. The van der Waals surface area contributed by atoms with Crippen molar-refractivity contribution < 1.29 is 18.7 Å². The molecule has 1 fully saturated rings. The number of aliphatic carboxylic acids is 1. The summed E-state index contributed by atoms with van der Waals surface area (Å²) >= 11 is 1.35. The first-order chi connectivity index (χ1) is 17.4. The summed E-state index contributed by atoms with van der Waals surface area (Å²) in [6.45, 7) is 2.26. The van der Waals surface area contributed by atoms with Crippen molar-refractivity contribution in [3.8, 4) is 0 Å². The number of carbonyl (C=O) groups is 1. The lowest BCUT2D eigenvalue weighted by Gasteiger charge is -2.29. The van der Waals surface area contributed by atoms with Crippen LogP contribution in [-0.2, 0) is 11.3 Å². The molecule has 36 heavy (non-hydrogen) atoms. The molecule has 5 rings (SSSR count). The van der Waals surface area contributed by atoms with Crippen LogP contribution < -0.4 is 10.2 Å². The Morgan fingerprint density at radius 2 is 1.97 bits per heavy atom. The molecule has 0 saturated carbocycles. The summed E-state index contributed by atoms with van der Waals surface area (Å²) in [6, 6.07) is 10.9. The second kappa shape index (κ2) is 10.1. The van der Waals surface area contributed by atoms with E-state index in [0.29, 0.717) is 40.0 Å². The molecule has 11 heteroatoms. The molecule has 3 aromatic heterocycles. The Bertz CT molecular complexity index is 1390. The fraction of sp³-hybridized carbons (Fsp3) is 0.280. The van der Waals surface area contributed by atoms with E-state index in [2.05, 4.69) is 25.2 Å². The Morgan fingerprint density at radius 1 is 1.17 bits per heavy atom. The number of aromatic nitrogens is 3. The molecule has 1 aromatic carbocycles. The number of pyridine rings is 2. The van der Waals surface area contributed by atoms with Gasteiger partial charge in [0.1, 0.15) is 33.6 Å². The van der Waals surface area contributed by atoms with E-state index in [-0.39, 0.29) is 11.6 Å². The molecule has 4 aromatic rings. The second-order valence-corrected chi connectivity index (χ2v) is 9.71. The van der Waals surface area contributed by atoms with Gasteiger partial charge in [0, 0.05) is 25.9 Å². The topological polar surface area (TPSA) is 94.5 Å². The summed E-state index contributed by atoms with van der Waals surface area (Å²) in [5, 5.41) is 13.0. The SMILES string of the molecule is CN(c1ccc2nc(Nc3ccc(CN4CCC(C(=O)O)CC4)cn3)sc2n1)c1ccc(F)cc1F. The monoisotopic (exact) mass is 510 g/mol. The molecule has 1 saturated heterocycles. The summed E-state index contributed by atoms with van der Waals surface area (Å²) in [5.41, 5.74) is 1.98. The molecule has 0 atom stereocenters. The van der Waals surface area contributed by atoms with Gasteiger partial charge in [-0.2, -0.15) is 0 Å². The lowest BCUT2D eigenvalue weighted by molar-refractivity contribution is -0.143. The smallest absolute Gasteiger partial charge is 0.306 e. The Balaban J connectivity index is 1.24. The highest BCUT2D eigenvalue weighted by molar-refractivity contribution is 7.21. The van der Waals surface area contributed by atoms with E-state index >= 15 is 0 Å². The van der Waals surface area contributed by atoms with E-state index in [1.165, 1.54) is 23.5 Å². The zero-order valence-corrected chi connectivity index (χ0v) is 20.3. The maximum absolute atomic E-state index is 14.2. The average Bonchev–Trinajstić information content (AvgIpc) is 3.27. The minimum atomic E-state index is -0.707. The Labute approximate surface area is 210 Å². The average molecular weight is 511 g/mol. The number of hydrogen-bond acceptors (Lipinski definition) is 8. The van der Waals surface area contributed by atoms with Gasteiger partial charge in [-0.3, -0.25) is 9.69 Å². The molecule has 8 nitrogen and oxygen atoms in total. The van der Waals surface area contributed by atoms with Crippen LogP contribution in [0, 0.1) is 17.6 Å². The van der Waals surface area contributed by atoms with E-state index < -0.39 is 17.6 Å². The summed E-state index contributed by atoms with van der Waals surface area (Å²) in [6.07, 6.45) is 3.15. The van der Waals surface area contributed by atoms with Crippen molar-refractivity contribution >= 4 is 50.1 Å².